The standard InChI is InChI=1S/C16H13Cl2N3O4S/c17-14-6-5-12(9-16(14)21(22)23)26(24,25)19-8-7-11-10-20(18)15-4-2-1-3-13(11)15/h1-6,9-10,19H,7-8H2. The van der Waals surface area contributed by atoms with Crippen molar-refractivity contribution in [3.05, 3.63) is 69.4 Å². The van der Waals surface area contributed by atoms with Gasteiger partial charge in [-0.3, -0.25) is 14.2 Å². The lowest BCUT2D eigenvalue weighted by Gasteiger charge is -2.07. The first-order valence-corrected chi connectivity index (χ1v) is 9.68. The van der Waals surface area contributed by atoms with E-state index in [1.165, 1.54) is 16.2 Å². The van der Waals surface area contributed by atoms with Gasteiger partial charge in [0.2, 0.25) is 10.0 Å². The van der Waals surface area contributed by atoms with Crippen LogP contribution in [0.3, 0.4) is 0 Å². The molecule has 26 heavy (non-hydrogen) atoms. The molecule has 0 aliphatic rings. The molecule has 136 valence electrons. The Balaban J connectivity index is 1.76. The number of sulfonamides is 1. The molecular weight excluding hydrogens is 401 g/mol. The molecule has 0 aliphatic heterocycles. The second-order valence-corrected chi connectivity index (χ2v) is 8.04. The monoisotopic (exact) mass is 413 g/mol. The van der Waals surface area contributed by atoms with Crippen molar-refractivity contribution in [3.63, 3.8) is 0 Å². The summed E-state index contributed by atoms with van der Waals surface area (Å²) in [5.74, 6) is 0. The zero-order valence-electron chi connectivity index (χ0n) is 13.2. The van der Waals surface area contributed by atoms with E-state index in [-0.39, 0.29) is 16.5 Å². The summed E-state index contributed by atoms with van der Waals surface area (Å²) >= 11 is 11.8. The quantitative estimate of drug-likeness (QED) is 0.491. The number of benzene rings is 2. The van der Waals surface area contributed by atoms with Crippen molar-refractivity contribution < 1.29 is 13.3 Å². The summed E-state index contributed by atoms with van der Waals surface area (Å²) in [4.78, 5) is 9.98. The molecule has 0 bridgehead atoms. The van der Waals surface area contributed by atoms with Crippen LogP contribution in [-0.4, -0.2) is 24.0 Å². The predicted molar refractivity (Wildman–Crippen MR) is 100 cm³/mol. The Kier molecular flexibility index (Phi) is 5.19. The molecule has 0 saturated heterocycles. The first kappa shape index (κ1) is 18.7. The highest BCUT2D eigenvalue weighted by Crippen LogP contribution is 2.27. The van der Waals surface area contributed by atoms with Crippen molar-refractivity contribution in [2.45, 2.75) is 11.3 Å². The predicted octanol–water partition coefficient (Wildman–Crippen LogP) is 3.73. The number of hydrogen-bond acceptors (Lipinski definition) is 4. The van der Waals surface area contributed by atoms with Crippen LogP contribution in [0.15, 0.2) is 53.6 Å². The van der Waals surface area contributed by atoms with E-state index in [1.54, 1.807) is 6.20 Å². The van der Waals surface area contributed by atoms with E-state index < -0.39 is 20.6 Å². The number of rotatable bonds is 6. The number of nitrogens with one attached hydrogen (secondary N) is 1. The Morgan fingerprint density at radius 2 is 1.92 bits per heavy atom. The van der Waals surface area contributed by atoms with Crippen LogP contribution in [0.2, 0.25) is 5.02 Å². The van der Waals surface area contributed by atoms with Crippen molar-refractivity contribution in [3.8, 4) is 0 Å². The molecule has 10 heteroatoms. The molecule has 0 amide bonds. The molecule has 0 fully saturated rings. The summed E-state index contributed by atoms with van der Waals surface area (Å²) in [5, 5.41) is 11.7. The number of fused-ring (bicyclic) bond motifs is 1. The van der Waals surface area contributed by atoms with E-state index in [1.807, 2.05) is 24.3 Å². The van der Waals surface area contributed by atoms with Gasteiger partial charge in [-0.1, -0.05) is 29.8 Å². The van der Waals surface area contributed by atoms with Gasteiger partial charge in [0.25, 0.3) is 5.69 Å². The van der Waals surface area contributed by atoms with E-state index in [0.29, 0.717) is 6.42 Å². The average Bonchev–Trinajstić information content (AvgIpc) is 2.91. The van der Waals surface area contributed by atoms with Crippen molar-refractivity contribution in [2.75, 3.05) is 6.54 Å². The topological polar surface area (TPSA) is 94.2 Å². The molecule has 0 aliphatic carbocycles. The summed E-state index contributed by atoms with van der Waals surface area (Å²) in [7, 11) is -3.90. The largest absolute Gasteiger partial charge is 0.289 e. The number of nitro groups is 1. The SMILES string of the molecule is O=[N+]([O-])c1cc(S(=O)(=O)NCCc2cn(Cl)c3ccccc23)ccc1Cl. The van der Waals surface area contributed by atoms with Gasteiger partial charge in [-0.2, -0.15) is 0 Å². The Labute approximate surface area is 159 Å². The molecule has 1 heterocycles. The molecule has 3 rings (SSSR count). The first-order chi connectivity index (χ1) is 12.3. The normalized spacial score (nSPS) is 11.8. The fourth-order valence-corrected chi connectivity index (χ4v) is 4.11. The van der Waals surface area contributed by atoms with Gasteiger partial charge in [-0.25, -0.2) is 13.1 Å². The molecule has 0 saturated carbocycles. The number of nitro benzene ring substituents is 1. The van der Waals surface area contributed by atoms with Crippen molar-refractivity contribution in [1.82, 2.24) is 8.81 Å². The minimum absolute atomic E-state index is 0.115. The van der Waals surface area contributed by atoms with Crippen LogP contribution >= 0.6 is 23.4 Å². The van der Waals surface area contributed by atoms with Gasteiger partial charge in [0, 0.05) is 36.0 Å². The fourth-order valence-electron chi connectivity index (χ4n) is 2.61. The second-order valence-electron chi connectivity index (χ2n) is 5.50. The van der Waals surface area contributed by atoms with Gasteiger partial charge in [0.1, 0.15) is 5.02 Å². The van der Waals surface area contributed by atoms with Crippen molar-refractivity contribution >= 4 is 50.0 Å². The van der Waals surface area contributed by atoms with Gasteiger partial charge in [-0.15, -0.1) is 0 Å². The zero-order valence-corrected chi connectivity index (χ0v) is 15.6. The van der Waals surface area contributed by atoms with E-state index in [9.17, 15) is 18.5 Å². The number of halogens is 2. The van der Waals surface area contributed by atoms with Crippen LogP contribution in [0.1, 0.15) is 5.56 Å². The molecule has 0 radical (unpaired) electrons. The van der Waals surface area contributed by atoms with Gasteiger partial charge in [0.05, 0.1) is 15.3 Å². The highest BCUT2D eigenvalue weighted by molar-refractivity contribution is 7.89. The maximum Gasteiger partial charge on any atom is 0.289 e. The maximum absolute atomic E-state index is 12.4. The molecule has 0 atom stereocenters. The fraction of sp³-hybridized carbons (Fsp3) is 0.125. The second kappa shape index (κ2) is 7.24. The highest BCUT2D eigenvalue weighted by Gasteiger charge is 2.20. The molecule has 0 unspecified atom stereocenters. The Morgan fingerprint density at radius 1 is 1.19 bits per heavy atom. The summed E-state index contributed by atoms with van der Waals surface area (Å²) in [6.45, 7) is 0.115. The van der Waals surface area contributed by atoms with E-state index in [0.717, 1.165) is 22.5 Å². The summed E-state index contributed by atoms with van der Waals surface area (Å²) in [5.41, 5.74) is 1.26. The third-order valence-electron chi connectivity index (χ3n) is 3.86. The molecular formula is C16H13Cl2N3O4S. The Morgan fingerprint density at radius 3 is 2.65 bits per heavy atom. The lowest BCUT2D eigenvalue weighted by molar-refractivity contribution is -0.384. The minimum Gasteiger partial charge on any atom is -0.260 e. The first-order valence-electron chi connectivity index (χ1n) is 7.48. The summed E-state index contributed by atoms with van der Waals surface area (Å²) in [6.07, 6.45) is 2.14. The number of aromatic nitrogens is 1. The molecule has 1 N–H and O–H groups in total. The van der Waals surface area contributed by atoms with Crippen LogP contribution in [0, 0.1) is 10.1 Å². The maximum atomic E-state index is 12.4. The highest BCUT2D eigenvalue weighted by atomic mass is 35.5. The lowest BCUT2D eigenvalue weighted by atomic mass is 10.1. The lowest BCUT2D eigenvalue weighted by Crippen LogP contribution is -2.26. The van der Waals surface area contributed by atoms with Gasteiger partial charge >= 0.3 is 0 Å². The van der Waals surface area contributed by atoms with Gasteiger partial charge in [-0.05, 0) is 30.2 Å². The van der Waals surface area contributed by atoms with Crippen LogP contribution in [0.5, 0.6) is 0 Å². The number of para-hydroxylation sites is 1. The molecule has 1 aromatic heterocycles. The Bertz CT molecular complexity index is 1100. The van der Waals surface area contributed by atoms with E-state index in [4.69, 9.17) is 23.4 Å². The van der Waals surface area contributed by atoms with Crippen LogP contribution in [-0.2, 0) is 16.4 Å². The van der Waals surface area contributed by atoms with E-state index in [2.05, 4.69) is 4.72 Å². The van der Waals surface area contributed by atoms with Gasteiger partial charge in [0.15, 0.2) is 0 Å². The molecule has 7 nitrogen and oxygen atoms in total. The number of nitrogens with zero attached hydrogens (tertiary/aromatic N) is 2. The Hall–Kier alpha value is -2.13. The summed E-state index contributed by atoms with van der Waals surface area (Å²) in [6, 6.07) is 10.9. The zero-order chi connectivity index (χ0) is 18.9. The van der Waals surface area contributed by atoms with Crippen LogP contribution in [0.4, 0.5) is 5.69 Å². The van der Waals surface area contributed by atoms with E-state index >= 15 is 0 Å². The molecule has 0 spiro atoms. The van der Waals surface area contributed by atoms with Crippen molar-refractivity contribution in [2.24, 2.45) is 0 Å². The van der Waals surface area contributed by atoms with Crippen LogP contribution in [0.25, 0.3) is 10.9 Å². The number of hydrogen-bond donors (Lipinski definition) is 1. The summed E-state index contributed by atoms with van der Waals surface area (Å²) < 4.78 is 28.6. The van der Waals surface area contributed by atoms with Crippen molar-refractivity contribution in [1.29, 1.82) is 0 Å². The average molecular weight is 414 g/mol. The molecule has 2 aromatic carbocycles. The van der Waals surface area contributed by atoms with Crippen LogP contribution < -0.4 is 4.72 Å². The minimum atomic E-state index is -3.90. The smallest absolute Gasteiger partial charge is 0.260 e. The third-order valence-corrected chi connectivity index (χ3v) is 5.92. The molecule has 3 aromatic rings. The third kappa shape index (κ3) is 3.68. The van der Waals surface area contributed by atoms with Gasteiger partial charge < -0.3 is 0 Å².